The van der Waals surface area contributed by atoms with Crippen LogP contribution >= 0.6 is 11.6 Å². The van der Waals surface area contributed by atoms with E-state index in [4.69, 9.17) is 21.1 Å². The van der Waals surface area contributed by atoms with Gasteiger partial charge < -0.3 is 19.5 Å². The first kappa shape index (κ1) is 28.2. The molecule has 10 heteroatoms. The molecule has 0 amide bonds. The lowest BCUT2D eigenvalue weighted by molar-refractivity contribution is 0.292. The van der Waals surface area contributed by atoms with Crippen molar-refractivity contribution in [1.82, 2.24) is 14.9 Å². The van der Waals surface area contributed by atoms with Crippen molar-refractivity contribution >= 4 is 28.2 Å². The van der Waals surface area contributed by atoms with Gasteiger partial charge in [-0.15, -0.1) is 0 Å². The van der Waals surface area contributed by atoms with E-state index in [1.54, 1.807) is 0 Å². The van der Waals surface area contributed by atoms with Crippen LogP contribution in [0.15, 0.2) is 18.2 Å². The summed E-state index contributed by atoms with van der Waals surface area (Å²) in [5.74, 6) is 0.283. The summed E-state index contributed by atoms with van der Waals surface area (Å²) in [4.78, 5) is 13.5. The van der Waals surface area contributed by atoms with Gasteiger partial charge in [-0.25, -0.2) is 18.7 Å². The molecule has 0 bridgehead atoms. The SMILES string of the molecule is CCCCN1CCOc2nc(-c3cc(O)cc(Cl)c3C3CC3)c(F)c3nc(OC)cc1c23.FC1CC2CCCN2C1. The molecule has 220 valence electrons. The van der Waals surface area contributed by atoms with Crippen molar-refractivity contribution < 1.29 is 23.4 Å². The minimum atomic E-state index is -0.576. The molecular weight excluding hydrogens is 550 g/mol. The second-order valence-electron chi connectivity index (χ2n) is 11.5. The lowest BCUT2D eigenvalue weighted by Crippen LogP contribution is -2.28. The Morgan fingerprint density at radius 3 is 2.73 bits per heavy atom. The van der Waals surface area contributed by atoms with Gasteiger partial charge in [0.05, 0.1) is 24.7 Å². The Morgan fingerprint density at radius 1 is 1.17 bits per heavy atom. The zero-order valence-electron chi connectivity index (χ0n) is 23.6. The van der Waals surface area contributed by atoms with Gasteiger partial charge in [-0.3, -0.25) is 4.90 Å². The number of phenolic OH excluding ortho intramolecular Hbond substituents is 1. The summed E-state index contributed by atoms with van der Waals surface area (Å²) in [6, 6.07) is 5.45. The number of rotatable bonds is 6. The van der Waals surface area contributed by atoms with E-state index in [9.17, 15) is 9.50 Å². The topological polar surface area (TPSA) is 71.0 Å². The summed E-state index contributed by atoms with van der Waals surface area (Å²) in [6.07, 6.45) is 6.80. The Hall–Kier alpha value is -2.91. The lowest BCUT2D eigenvalue weighted by Gasteiger charge is -2.23. The summed E-state index contributed by atoms with van der Waals surface area (Å²) in [6.45, 7) is 5.88. The van der Waals surface area contributed by atoms with Gasteiger partial charge in [0.1, 0.15) is 29.7 Å². The molecule has 0 radical (unpaired) electrons. The average molecular weight is 587 g/mol. The predicted molar refractivity (Wildman–Crippen MR) is 157 cm³/mol. The van der Waals surface area contributed by atoms with Gasteiger partial charge in [0.15, 0.2) is 5.82 Å². The number of unbranched alkanes of at least 4 members (excludes halogenated alkanes) is 1. The molecule has 3 aromatic rings. The molecular formula is C31H37ClF2N4O3. The number of halogens is 3. The third-order valence-corrected chi connectivity index (χ3v) is 8.88. The van der Waals surface area contributed by atoms with Crippen LogP contribution in [0.5, 0.6) is 17.5 Å². The van der Waals surface area contributed by atoms with Crippen molar-refractivity contribution in [3.63, 3.8) is 0 Å². The van der Waals surface area contributed by atoms with Crippen LogP contribution < -0.4 is 14.4 Å². The van der Waals surface area contributed by atoms with E-state index in [0.717, 1.165) is 56.4 Å². The fourth-order valence-electron chi connectivity index (χ4n) is 6.40. The molecule has 2 atom stereocenters. The monoisotopic (exact) mass is 586 g/mol. The van der Waals surface area contributed by atoms with E-state index in [1.807, 2.05) is 6.07 Å². The molecule has 2 aromatic heterocycles. The lowest BCUT2D eigenvalue weighted by atomic mass is 9.98. The Bertz CT molecular complexity index is 1420. The van der Waals surface area contributed by atoms with Crippen LogP contribution in [-0.4, -0.2) is 72.1 Å². The Kier molecular flexibility index (Phi) is 8.10. The molecule has 1 N–H and O–H groups in total. The largest absolute Gasteiger partial charge is 0.508 e. The molecule has 1 aliphatic carbocycles. The molecule has 1 saturated carbocycles. The van der Waals surface area contributed by atoms with Gasteiger partial charge in [-0.2, -0.15) is 0 Å². The van der Waals surface area contributed by atoms with E-state index in [1.165, 1.54) is 32.1 Å². The number of hydrogen-bond donors (Lipinski definition) is 1. The van der Waals surface area contributed by atoms with Crippen LogP contribution in [0.4, 0.5) is 14.5 Å². The third kappa shape index (κ3) is 5.63. The third-order valence-electron chi connectivity index (χ3n) is 8.56. The highest BCUT2D eigenvalue weighted by Crippen LogP contribution is 2.50. The molecule has 4 aliphatic rings. The Morgan fingerprint density at radius 2 is 2.00 bits per heavy atom. The van der Waals surface area contributed by atoms with Crippen molar-refractivity contribution in [3.8, 4) is 28.8 Å². The van der Waals surface area contributed by atoms with E-state index >= 15 is 4.39 Å². The zero-order valence-corrected chi connectivity index (χ0v) is 24.4. The van der Waals surface area contributed by atoms with Crippen LogP contribution in [0.1, 0.15) is 63.4 Å². The molecule has 3 aliphatic heterocycles. The first-order valence-corrected chi connectivity index (χ1v) is 15.1. The van der Waals surface area contributed by atoms with Crippen LogP contribution in [0, 0.1) is 5.82 Å². The van der Waals surface area contributed by atoms with Gasteiger partial charge in [0.2, 0.25) is 11.8 Å². The highest BCUT2D eigenvalue weighted by Gasteiger charge is 2.35. The Balaban J connectivity index is 0.000000283. The van der Waals surface area contributed by atoms with E-state index in [-0.39, 0.29) is 22.9 Å². The number of anilines is 1. The fourth-order valence-corrected chi connectivity index (χ4v) is 6.77. The molecule has 1 aromatic carbocycles. The molecule has 2 unspecified atom stereocenters. The van der Waals surface area contributed by atoms with Crippen molar-refractivity contribution in [1.29, 1.82) is 0 Å². The first-order valence-electron chi connectivity index (χ1n) is 14.7. The predicted octanol–water partition coefficient (Wildman–Crippen LogP) is 6.87. The fraction of sp³-hybridized carbons (Fsp3) is 0.548. The van der Waals surface area contributed by atoms with Gasteiger partial charge >= 0.3 is 0 Å². The quantitative estimate of drug-likeness (QED) is 0.338. The number of fused-ring (bicyclic) bond motifs is 1. The first-order chi connectivity index (χ1) is 19.9. The highest BCUT2D eigenvalue weighted by atomic mass is 35.5. The summed E-state index contributed by atoms with van der Waals surface area (Å²) < 4.78 is 40.1. The van der Waals surface area contributed by atoms with Crippen molar-refractivity contribution in [2.24, 2.45) is 0 Å². The number of benzene rings is 1. The molecule has 7 rings (SSSR count). The smallest absolute Gasteiger partial charge is 0.225 e. The van der Waals surface area contributed by atoms with E-state index in [0.29, 0.717) is 53.5 Å². The second-order valence-corrected chi connectivity index (χ2v) is 11.9. The number of pyridine rings is 2. The molecule has 2 saturated heterocycles. The summed E-state index contributed by atoms with van der Waals surface area (Å²) in [5.41, 5.74) is 2.32. The number of aromatic hydroxyl groups is 1. The minimum absolute atomic E-state index is 0.0347. The van der Waals surface area contributed by atoms with E-state index in [2.05, 4.69) is 26.7 Å². The molecule has 41 heavy (non-hydrogen) atoms. The van der Waals surface area contributed by atoms with Gasteiger partial charge in [0, 0.05) is 35.8 Å². The average Bonchev–Trinajstić information content (AvgIpc) is 3.63. The molecule has 0 spiro atoms. The number of alkyl halides is 1. The van der Waals surface area contributed by atoms with Crippen LogP contribution in [0.3, 0.4) is 0 Å². The number of nitrogens with zero attached hydrogens (tertiary/aromatic N) is 4. The highest BCUT2D eigenvalue weighted by molar-refractivity contribution is 6.32. The number of hydrogen-bond acceptors (Lipinski definition) is 7. The normalized spacial score (nSPS) is 21.7. The van der Waals surface area contributed by atoms with Crippen molar-refractivity contribution in [3.05, 3.63) is 34.6 Å². The maximum absolute atomic E-state index is 16.1. The standard InChI is InChI=1S/C24H25ClFN3O3.C7H12FN/c1-3-4-7-29-8-9-32-24-20-17(29)12-18(31-2)27-23(20)21(26)22(28-24)15-10-14(30)11-16(25)19(15)13-5-6-13;8-6-4-7-2-1-3-9(7)5-6/h10-13,30H,3-9H2,1-2H3;6-7H,1-5H2. The minimum Gasteiger partial charge on any atom is -0.508 e. The Labute approximate surface area is 244 Å². The summed E-state index contributed by atoms with van der Waals surface area (Å²) in [5, 5.41) is 11.2. The number of phenols is 1. The number of methoxy groups -OCH3 is 1. The molecule has 5 heterocycles. The maximum Gasteiger partial charge on any atom is 0.225 e. The summed E-state index contributed by atoms with van der Waals surface area (Å²) in [7, 11) is 1.52. The maximum atomic E-state index is 16.1. The van der Waals surface area contributed by atoms with Crippen molar-refractivity contribution in [2.75, 3.05) is 44.8 Å². The summed E-state index contributed by atoms with van der Waals surface area (Å²) >= 11 is 6.46. The zero-order chi connectivity index (χ0) is 28.7. The van der Waals surface area contributed by atoms with Crippen LogP contribution in [0.25, 0.3) is 22.2 Å². The molecule has 3 fully saturated rings. The van der Waals surface area contributed by atoms with Gasteiger partial charge in [0.25, 0.3) is 0 Å². The second kappa shape index (κ2) is 11.8. The van der Waals surface area contributed by atoms with Crippen LogP contribution in [-0.2, 0) is 0 Å². The number of aromatic nitrogens is 2. The molecule has 7 nitrogen and oxygen atoms in total. The van der Waals surface area contributed by atoms with E-state index < -0.39 is 12.0 Å². The van der Waals surface area contributed by atoms with Gasteiger partial charge in [-0.05, 0) is 68.7 Å². The number of ether oxygens (including phenoxy) is 2. The van der Waals surface area contributed by atoms with Gasteiger partial charge in [-0.1, -0.05) is 24.9 Å². The van der Waals surface area contributed by atoms with Crippen LogP contribution in [0.2, 0.25) is 5.02 Å². The van der Waals surface area contributed by atoms with Crippen molar-refractivity contribution in [2.45, 2.75) is 70.0 Å².